The lowest BCUT2D eigenvalue weighted by Gasteiger charge is -2.56. The molecule has 17 heavy (non-hydrogen) atoms. The molecule has 0 aliphatic heterocycles. The fraction of sp³-hybridized carbons (Fsp3) is 0.929. The first-order valence-corrected chi connectivity index (χ1v) is 7.20. The van der Waals surface area contributed by atoms with Gasteiger partial charge in [-0.3, -0.25) is 4.79 Å². The molecule has 3 heteroatoms. The Bertz CT molecular complexity index is 278. The summed E-state index contributed by atoms with van der Waals surface area (Å²) in [6, 6.07) is 0. The van der Waals surface area contributed by atoms with Crippen LogP contribution in [0, 0.1) is 17.8 Å². The smallest absolute Gasteiger partial charge is 0.220 e. The zero-order valence-electron chi connectivity index (χ0n) is 10.6. The molecule has 0 heterocycles. The van der Waals surface area contributed by atoms with Crippen LogP contribution in [-0.2, 0) is 4.79 Å². The quantitative estimate of drug-likeness (QED) is 0.782. The second-order valence-electron chi connectivity index (χ2n) is 6.64. The predicted molar refractivity (Wildman–Crippen MR) is 67.3 cm³/mol. The number of carbonyl (C=O) groups excluding carboxylic acids is 1. The highest BCUT2D eigenvalue weighted by Gasteiger charge is 2.51. The van der Waals surface area contributed by atoms with Gasteiger partial charge in [-0.15, -0.1) is 0 Å². The summed E-state index contributed by atoms with van der Waals surface area (Å²) in [5, 5.41) is 3.36. The van der Waals surface area contributed by atoms with Crippen LogP contribution in [0.4, 0.5) is 0 Å². The van der Waals surface area contributed by atoms with Gasteiger partial charge in [0.25, 0.3) is 0 Å². The molecule has 0 atom stereocenters. The average Bonchev–Trinajstić information content (AvgIpc) is 2.23. The van der Waals surface area contributed by atoms with E-state index >= 15 is 0 Å². The highest BCUT2D eigenvalue weighted by atomic mass is 16.1. The maximum Gasteiger partial charge on any atom is 0.220 e. The lowest BCUT2D eigenvalue weighted by atomic mass is 9.53. The van der Waals surface area contributed by atoms with Crippen LogP contribution < -0.4 is 11.1 Å². The number of amides is 1. The molecule has 4 aliphatic carbocycles. The predicted octanol–water partition coefficient (Wildman–Crippen LogP) is 1.81. The average molecular weight is 236 g/mol. The van der Waals surface area contributed by atoms with E-state index in [1.54, 1.807) is 0 Å². The molecule has 4 aliphatic rings. The molecule has 0 aromatic rings. The van der Waals surface area contributed by atoms with Gasteiger partial charge in [0.1, 0.15) is 0 Å². The zero-order chi connectivity index (χ0) is 11.9. The third-order valence-corrected chi connectivity index (χ3v) is 5.05. The minimum absolute atomic E-state index is 0.181. The van der Waals surface area contributed by atoms with Gasteiger partial charge in [0.15, 0.2) is 0 Å². The van der Waals surface area contributed by atoms with Gasteiger partial charge in [-0.05, 0) is 69.2 Å². The molecular formula is C14H24N2O. The molecule has 4 bridgehead atoms. The third kappa shape index (κ3) is 2.22. The highest BCUT2D eigenvalue weighted by molar-refractivity contribution is 5.76. The number of nitrogens with one attached hydrogen (secondary N) is 1. The van der Waals surface area contributed by atoms with Crippen molar-refractivity contribution in [2.24, 2.45) is 23.5 Å². The van der Waals surface area contributed by atoms with Crippen LogP contribution in [0.15, 0.2) is 0 Å². The molecule has 0 aromatic heterocycles. The maximum atomic E-state index is 11.9. The van der Waals surface area contributed by atoms with Gasteiger partial charge >= 0.3 is 0 Å². The fourth-order valence-electron chi connectivity index (χ4n) is 4.88. The van der Waals surface area contributed by atoms with Crippen molar-refractivity contribution in [2.75, 3.05) is 6.54 Å². The normalized spacial score (nSPS) is 42.8. The summed E-state index contributed by atoms with van der Waals surface area (Å²) in [4.78, 5) is 11.9. The van der Waals surface area contributed by atoms with E-state index in [9.17, 15) is 4.79 Å². The van der Waals surface area contributed by atoms with Crippen molar-refractivity contribution in [2.45, 2.75) is 56.9 Å². The first kappa shape index (κ1) is 11.5. The lowest BCUT2D eigenvalue weighted by Crippen LogP contribution is -2.59. The number of hydrogen-bond donors (Lipinski definition) is 2. The zero-order valence-corrected chi connectivity index (χ0v) is 10.6. The molecule has 96 valence electrons. The number of carbonyl (C=O) groups is 1. The Labute approximate surface area is 104 Å². The summed E-state index contributed by atoms with van der Waals surface area (Å²) in [5.74, 6) is 2.93. The van der Waals surface area contributed by atoms with Crippen molar-refractivity contribution < 1.29 is 4.79 Å². The SMILES string of the molecule is NCCCC(=O)NC12CC3CC(CC(C3)C1)C2. The fourth-order valence-corrected chi connectivity index (χ4v) is 4.88. The monoisotopic (exact) mass is 236 g/mol. The van der Waals surface area contributed by atoms with E-state index in [1.165, 1.54) is 38.5 Å². The molecule has 3 nitrogen and oxygen atoms in total. The van der Waals surface area contributed by atoms with E-state index in [2.05, 4.69) is 5.32 Å². The Kier molecular flexibility index (Phi) is 2.89. The van der Waals surface area contributed by atoms with Crippen LogP contribution in [0.25, 0.3) is 0 Å². The van der Waals surface area contributed by atoms with Crippen LogP contribution >= 0.6 is 0 Å². The van der Waals surface area contributed by atoms with Crippen molar-refractivity contribution in [3.63, 3.8) is 0 Å². The standard InChI is InChI=1S/C14H24N2O/c15-3-1-2-13(17)16-14-7-10-4-11(8-14)6-12(5-10)9-14/h10-12H,1-9,15H2,(H,16,17). The molecule has 0 aromatic carbocycles. The van der Waals surface area contributed by atoms with Crippen molar-refractivity contribution in [3.05, 3.63) is 0 Å². The molecule has 0 spiro atoms. The second kappa shape index (κ2) is 4.27. The molecule has 3 N–H and O–H groups in total. The maximum absolute atomic E-state index is 11.9. The van der Waals surface area contributed by atoms with Crippen LogP contribution in [0.5, 0.6) is 0 Å². The number of hydrogen-bond acceptors (Lipinski definition) is 2. The Morgan fingerprint density at radius 3 is 2.12 bits per heavy atom. The summed E-state index contributed by atoms with van der Waals surface area (Å²) < 4.78 is 0. The second-order valence-corrected chi connectivity index (χ2v) is 6.64. The molecule has 4 fully saturated rings. The van der Waals surface area contributed by atoms with Crippen LogP contribution in [0.3, 0.4) is 0 Å². The molecule has 0 unspecified atom stereocenters. The Morgan fingerprint density at radius 1 is 1.12 bits per heavy atom. The first-order chi connectivity index (χ1) is 8.19. The van der Waals surface area contributed by atoms with Crippen LogP contribution in [0.2, 0.25) is 0 Å². The molecular weight excluding hydrogens is 212 g/mol. The van der Waals surface area contributed by atoms with Crippen molar-refractivity contribution >= 4 is 5.91 Å². The molecule has 0 radical (unpaired) electrons. The Morgan fingerprint density at radius 2 is 1.65 bits per heavy atom. The molecule has 4 saturated carbocycles. The summed E-state index contributed by atoms with van der Waals surface area (Å²) in [6.45, 7) is 0.619. The summed E-state index contributed by atoms with van der Waals surface area (Å²) in [7, 11) is 0. The van der Waals surface area contributed by atoms with E-state index < -0.39 is 0 Å². The van der Waals surface area contributed by atoms with Crippen molar-refractivity contribution in [1.29, 1.82) is 0 Å². The van der Waals surface area contributed by atoms with Gasteiger partial charge in [-0.2, -0.15) is 0 Å². The van der Waals surface area contributed by atoms with Gasteiger partial charge < -0.3 is 11.1 Å². The third-order valence-electron chi connectivity index (χ3n) is 5.05. The van der Waals surface area contributed by atoms with Crippen LogP contribution in [-0.4, -0.2) is 18.0 Å². The topological polar surface area (TPSA) is 55.1 Å². The van der Waals surface area contributed by atoms with Crippen molar-refractivity contribution in [3.8, 4) is 0 Å². The van der Waals surface area contributed by atoms with Gasteiger partial charge in [0.05, 0.1) is 0 Å². The summed E-state index contributed by atoms with van der Waals surface area (Å²) in [6.07, 6.45) is 9.44. The van der Waals surface area contributed by atoms with E-state index in [0.29, 0.717) is 13.0 Å². The lowest BCUT2D eigenvalue weighted by molar-refractivity contribution is -0.126. The molecule has 1 amide bonds. The Balaban J connectivity index is 1.64. The first-order valence-electron chi connectivity index (χ1n) is 7.20. The minimum atomic E-state index is 0.181. The van der Waals surface area contributed by atoms with E-state index in [4.69, 9.17) is 5.73 Å². The minimum Gasteiger partial charge on any atom is -0.351 e. The number of rotatable bonds is 4. The number of nitrogens with two attached hydrogens (primary N) is 1. The Hall–Kier alpha value is -0.570. The summed E-state index contributed by atoms with van der Waals surface area (Å²) >= 11 is 0. The van der Waals surface area contributed by atoms with Crippen molar-refractivity contribution in [1.82, 2.24) is 5.32 Å². The highest BCUT2D eigenvalue weighted by Crippen LogP contribution is 2.55. The largest absolute Gasteiger partial charge is 0.351 e. The van der Waals surface area contributed by atoms with Gasteiger partial charge in [0.2, 0.25) is 5.91 Å². The van der Waals surface area contributed by atoms with E-state index in [1.807, 2.05) is 0 Å². The van der Waals surface area contributed by atoms with E-state index in [0.717, 1.165) is 24.2 Å². The van der Waals surface area contributed by atoms with Crippen LogP contribution in [0.1, 0.15) is 51.4 Å². The molecule has 4 rings (SSSR count). The van der Waals surface area contributed by atoms with Gasteiger partial charge in [-0.25, -0.2) is 0 Å². The summed E-state index contributed by atoms with van der Waals surface area (Å²) in [5.41, 5.74) is 5.64. The van der Waals surface area contributed by atoms with Gasteiger partial charge in [-0.1, -0.05) is 0 Å². The van der Waals surface area contributed by atoms with Gasteiger partial charge in [0, 0.05) is 12.0 Å². The molecule has 0 saturated heterocycles. The van der Waals surface area contributed by atoms with E-state index in [-0.39, 0.29) is 11.4 Å².